The molecule has 1 fully saturated rings. The Kier molecular flexibility index (Phi) is 7.60. The summed E-state index contributed by atoms with van der Waals surface area (Å²) in [5, 5.41) is 23.3. The Balaban J connectivity index is 1.38. The van der Waals surface area contributed by atoms with Gasteiger partial charge in [0.1, 0.15) is 22.1 Å². The van der Waals surface area contributed by atoms with E-state index in [1.54, 1.807) is 0 Å². The minimum atomic E-state index is -4.72. The Hall–Kier alpha value is -2.30. The van der Waals surface area contributed by atoms with Gasteiger partial charge in [0.05, 0.1) is 17.3 Å². The zero-order chi connectivity index (χ0) is 26.4. The summed E-state index contributed by atoms with van der Waals surface area (Å²) in [6.07, 6.45) is -4.97. The van der Waals surface area contributed by atoms with Gasteiger partial charge in [-0.3, -0.25) is 19.2 Å². The predicted molar refractivity (Wildman–Crippen MR) is 127 cm³/mol. The molecule has 4 rings (SSSR count). The van der Waals surface area contributed by atoms with Gasteiger partial charge in [0.15, 0.2) is 10.0 Å². The first-order chi connectivity index (χ1) is 16.9. The number of alkyl halides is 3. The van der Waals surface area contributed by atoms with Crippen LogP contribution in [0.4, 0.5) is 13.2 Å². The van der Waals surface area contributed by atoms with Crippen molar-refractivity contribution in [3.05, 3.63) is 32.7 Å². The zero-order valence-electron chi connectivity index (χ0n) is 18.6. The first-order valence-corrected chi connectivity index (χ1v) is 13.5. The fourth-order valence-corrected chi connectivity index (χ4v) is 7.20. The molecule has 2 amide bonds. The van der Waals surface area contributed by atoms with Gasteiger partial charge in [0, 0.05) is 17.9 Å². The maximum Gasteiger partial charge on any atom is 0.436 e. The van der Waals surface area contributed by atoms with Crippen LogP contribution in [0.5, 0.6) is 0 Å². The number of aromatic nitrogens is 4. The molecular weight excluding hydrogens is 565 g/mol. The number of carboxylic acid groups (broad SMARTS) is 1. The van der Waals surface area contributed by atoms with Gasteiger partial charge in [0.2, 0.25) is 5.91 Å². The second-order valence-electron chi connectivity index (χ2n) is 7.81. The number of carboxylic acids is 1. The van der Waals surface area contributed by atoms with Crippen molar-refractivity contribution >= 4 is 64.2 Å². The van der Waals surface area contributed by atoms with Crippen molar-refractivity contribution in [1.82, 2.24) is 30.2 Å². The van der Waals surface area contributed by atoms with Crippen LogP contribution in [-0.2, 0) is 27.1 Å². The van der Waals surface area contributed by atoms with Crippen molar-refractivity contribution in [3.63, 3.8) is 0 Å². The largest absolute Gasteiger partial charge is 0.477 e. The molecule has 4 heterocycles. The fourth-order valence-electron chi connectivity index (χ4n) is 3.66. The molecule has 0 spiro atoms. The average Bonchev–Trinajstić information content (AvgIpc) is 3.36. The highest BCUT2D eigenvalue weighted by molar-refractivity contribution is 8.01. The number of rotatable bonds is 8. The highest BCUT2D eigenvalue weighted by Crippen LogP contribution is 2.42. The third-order valence-corrected chi connectivity index (χ3v) is 9.25. The summed E-state index contributed by atoms with van der Waals surface area (Å²) >= 11 is 9.76. The number of thioether (sulfide) groups is 2. The van der Waals surface area contributed by atoms with E-state index in [1.165, 1.54) is 41.8 Å². The van der Waals surface area contributed by atoms with E-state index in [9.17, 15) is 32.7 Å². The van der Waals surface area contributed by atoms with Gasteiger partial charge in [-0.2, -0.15) is 18.3 Å². The van der Waals surface area contributed by atoms with Crippen LogP contribution in [0.3, 0.4) is 0 Å². The average molecular weight is 583 g/mol. The normalized spacial score (nSPS) is 19.8. The van der Waals surface area contributed by atoms with Crippen LogP contribution in [0.25, 0.3) is 0 Å². The van der Waals surface area contributed by atoms with Crippen LogP contribution in [-0.4, -0.2) is 70.7 Å². The molecule has 1 saturated heterocycles. The first kappa shape index (κ1) is 26.8. The number of β-lactam (4-membered cyclic amide) rings is 1. The van der Waals surface area contributed by atoms with Crippen molar-refractivity contribution < 1.29 is 32.7 Å². The van der Waals surface area contributed by atoms with Gasteiger partial charge in [-0.25, -0.2) is 4.79 Å². The van der Waals surface area contributed by atoms with Crippen molar-refractivity contribution in [1.29, 1.82) is 0 Å². The van der Waals surface area contributed by atoms with Gasteiger partial charge in [0.25, 0.3) is 5.91 Å². The smallest absolute Gasteiger partial charge is 0.436 e. The van der Waals surface area contributed by atoms with E-state index in [2.05, 4.69) is 20.6 Å². The lowest BCUT2D eigenvalue weighted by Gasteiger charge is -2.49. The third kappa shape index (κ3) is 5.21. The van der Waals surface area contributed by atoms with E-state index in [4.69, 9.17) is 11.6 Å². The summed E-state index contributed by atoms with van der Waals surface area (Å²) in [6.45, 7) is 2.99. The molecule has 0 unspecified atom stereocenters. The molecule has 2 N–H and O–H groups in total. The highest BCUT2D eigenvalue weighted by Gasteiger charge is 2.54. The van der Waals surface area contributed by atoms with E-state index in [0.717, 1.165) is 14.6 Å². The van der Waals surface area contributed by atoms with E-state index in [1.807, 2.05) is 6.92 Å². The van der Waals surface area contributed by atoms with Crippen LogP contribution >= 0.6 is 46.5 Å². The first-order valence-electron chi connectivity index (χ1n) is 10.3. The number of aryl methyl sites for hydroxylation is 2. The molecule has 0 bridgehead atoms. The summed E-state index contributed by atoms with van der Waals surface area (Å²) < 4.78 is 40.6. The van der Waals surface area contributed by atoms with Gasteiger partial charge < -0.3 is 10.4 Å². The van der Waals surface area contributed by atoms with Gasteiger partial charge in [-0.1, -0.05) is 34.7 Å². The number of aliphatic carboxylic acids is 1. The molecular formula is C19H18ClF3N6O4S3. The maximum atomic E-state index is 13.0. The Morgan fingerprint density at radius 2 is 2.03 bits per heavy atom. The predicted octanol–water partition coefficient (Wildman–Crippen LogP) is 2.94. The molecule has 10 nitrogen and oxygen atoms in total. The molecule has 2 aliphatic heterocycles. The standard InChI is InChI=1S/C19H18ClF3N6O4S3/c1-7-11(20)14(19(21,22)23)27-28(7)4-3-10(30)24-12-15(31)29-13(17(32)33)9(5-34-16(12)29)6-35-18-26-25-8(2)36-18/h12,16H,3-6H2,1-2H3,(H,24,30)(H,32,33)/t12-,16+/m1/s1. The number of amides is 2. The number of halogens is 4. The molecule has 2 aromatic rings. The maximum absolute atomic E-state index is 13.0. The zero-order valence-corrected chi connectivity index (χ0v) is 21.8. The minimum absolute atomic E-state index is 0.0656. The van der Waals surface area contributed by atoms with E-state index < -0.39 is 46.1 Å². The van der Waals surface area contributed by atoms with Gasteiger partial charge in [-0.15, -0.1) is 22.0 Å². The van der Waals surface area contributed by atoms with Crippen LogP contribution in [0, 0.1) is 13.8 Å². The summed E-state index contributed by atoms with van der Waals surface area (Å²) in [5.41, 5.74) is -0.708. The monoisotopic (exact) mass is 582 g/mol. The molecule has 0 radical (unpaired) electrons. The van der Waals surface area contributed by atoms with Crippen LogP contribution in [0.1, 0.15) is 22.8 Å². The van der Waals surface area contributed by atoms with Crippen LogP contribution in [0.15, 0.2) is 15.6 Å². The van der Waals surface area contributed by atoms with Gasteiger partial charge in [-0.05, 0) is 19.4 Å². The summed E-state index contributed by atoms with van der Waals surface area (Å²) in [4.78, 5) is 38.3. The number of nitrogens with one attached hydrogen (secondary N) is 1. The van der Waals surface area contributed by atoms with Crippen molar-refractivity contribution in [2.75, 3.05) is 11.5 Å². The molecule has 17 heteroatoms. The van der Waals surface area contributed by atoms with Crippen molar-refractivity contribution in [3.8, 4) is 0 Å². The molecule has 194 valence electrons. The number of carbonyl (C=O) groups excluding carboxylic acids is 2. The number of carbonyl (C=O) groups is 3. The van der Waals surface area contributed by atoms with E-state index in [-0.39, 0.29) is 24.4 Å². The van der Waals surface area contributed by atoms with Crippen molar-refractivity contribution in [2.24, 2.45) is 0 Å². The number of hydrogen-bond donors (Lipinski definition) is 2. The number of fused-ring (bicyclic) bond motifs is 1. The number of nitrogens with zero attached hydrogens (tertiary/aromatic N) is 5. The fraction of sp³-hybridized carbons (Fsp3) is 0.474. The van der Waals surface area contributed by atoms with Gasteiger partial charge >= 0.3 is 12.1 Å². The summed E-state index contributed by atoms with van der Waals surface area (Å²) in [7, 11) is 0. The lowest BCUT2D eigenvalue weighted by Crippen LogP contribution is -2.70. The summed E-state index contributed by atoms with van der Waals surface area (Å²) in [5.74, 6) is -1.72. The molecule has 2 aliphatic rings. The Morgan fingerprint density at radius 1 is 1.31 bits per heavy atom. The van der Waals surface area contributed by atoms with E-state index in [0.29, 0.717) is 21.4 Å². The quantitative estimate of drug-likeness (QED) is 0.356. The lowest BCUT2D eigenvalue weighted by molar-refractivity contribution is -0.150. The SMILES string of the molecule is Cc1nnc(SCC2=C(C(=O)O)N3C(=O)[C@@H](NC(=O)CCn4nc(C(F)(F)F)c(Cl)c4C)[C@@H]3SC2)s1. The minimum Gasteiger partial charge on any atom is -0.477 e. The lowest BCUT2D eigenvalue weighted by atomic mass is 10.0. The third-order valence-electron chi connectivity index (χ3n) is 5.40. The van der Waals surface area contributed by atoms with Crippen LogP contribution < -0.4 is 5.32 Å². The number of hydrogen-bond acceptors (Lipinski definition) is 9. The molecule has 0 saturated carbocycles. The molecule has 36 heavy (non-hydrogen) atoms. The molecule has 0 aromatic carbocycles. The second kappa shape index (κ2) is 10.2. The summed E-state index contributed by atoms with van der Waals surface area (Å²) in [6, 6.07) is -0.940. The highest BCUT2D eigenvalue weighted by atomic mass is 35.5. The topological polar surface area (TPSA) is 130 Å². The molecule has 2 aromatic heterocycles. The van der Waals surface area contributed by atoms with Crippen LogP contribution in [0.2, 0.25) is 5.02 Å². The Bertz CT molecular complexity index is 1260. The van der Waals surface area contributed by atoms with E-state index >= 15 is 0 Å². The molecule has 2 atom stereocenters. The Morgan fingerprint density at radius 3 is 2.61 bits per heavy atom. The second-order valence-corrected chi connectivity index (χ2v) is 11.7. The van der Waals surface area contributed by atoms with Crippen molar-refractivity contribution in [2.45, 2.75) is 48.7 Å². The Labute approximate surface area is 219 Å². The molecule has 0 aliphatic carbocycles.